The Morgan fingerprint density at radius 1 is 1.38 bits per heavy atom. The van der Waals surface area contributed by atoms with E-state index in [0.29, 0.717) is 15.9 Å². The van der Waals surface area contributed by atoms with Crippen molar-refractivity contribution in [2.75, 3.05) is 11.4 Å². The van der Waals surface area contributed by atoms with Gasteiger partial charge in [-0.25, -0.2) is 9.88 Å². The highest BCUT2D eigenvalue weighted by atomic mass is 32.1. The quantitative estimate of drug-likeness (QED) is 0.528. The highest BCUT2D eigenvalue weighted by Crippen LogP contribution is 2.29. The monoisotopic (exact) mass is 320 g/mol. The zero-order valence-electron chi connectivity index (χ0n) is 10.5. The number of thiocarbonyl (C=S) groups is 1. The van der Waals surface area contributed by atoms with Crippen molar-refractivity contribution in [3.8, 4) is 11.3 Å². The summed E-state index contributed by atoms with van der Waals surface area (Å²) in [6.07, 6.45) is 0. The van der Waals surface area contributed by atoms with Crippen molar-refractivity contribution in [3.05, 3.63) is 39.8 Å². The maximum absolute atomic E-state index is 11.7. The number of anilines is 1. The highest BCUT2D eigenvalue weighted by molar-refractivity contribution is 7.80. The van der Waals surface area contributed by atoms with Crippen molar-refractivity contribution in [2.24, 2.45) is 0 Å². The number of nitrogens with one attached hydrogen (secondary N) is 1. The number of thiazole rings is 1. The Kier molecular flexibility index (Phi) is 3.35. The first-order chi connectivity index (χ1) is 10.1. The number of nitro benzene ring substituents is 1. The first-order valence-electron chi connectivity index (χ1n) is 5.87. The molecule has 106 valence electrons. The van der Waals surface area contributed by atoms with Crippen LogP contribution >= 0.6 is 23.6 Å². The minimum atomic E-state index is -0.455. The van der Waals surface area contributed by atoms with Crippen molar-refractivity contribution in [1.29, 1.82) is 0 Å². The number of hydrogen-bond donors (Lipinski definition) is 1. The molecule has 2 heterocycles. The van der Waals surface area contributed by atoms with E-state index in [9.17, 15) is 14.9 Å². The topological polar surface area (TPSA) is 88.4 Å². The molecule has 3 rings (SSSR count). The van der Waals surface area contributed by atoms with Gasteiger partial charge in [-0.05, 0) is 24.4 Å². The molecule has 1 aliphatic rings. The van der Waals surface area contributed by atoms with Crippen LogP contribution < -0.4 is 10.2 Å². The van der Waals surface area contributed by atoms with Gasteiger partial charge in [0.15, 0.2) is 10.2 Å². The number of carbonyl (C=O) groups excluding carboxylic acids is 1. The third kappa shape index (κ3) is 2.48. The van der Waals surface area contributed by atoms with E-state index in [4.69, 9.17) is 12.2 Å². The summed E-state index contributed by atoms with van der Waals surface area (Å²) in [6, 6.07) is 6.09. The van der Waals surface area contributed by atoms with Crippen molar-refractivity contribution in [1.82, 2.24) is 10.3 Å². The fraction of sp³-hybridized carbons (Fsp3) is 0.0833. The average Bonchev–Trinajstić information content (AvgIpc) is 3.06. The molecule has 1 aliphatic heterocycles. The summed E-state index contributed by atoms with van der Waals surface area (Å²) in [5, 5.41) is 16.0. The molecule has 1 N–H and O–H groups in total. The molecule has 1 fully saturated rings. The summed E-state index contributed by atoms with van der Waals surface area (Å²) in [7, 11) is 0. The van der Waals surface area contributed by atoms with E-state index < -0.39 is 4.92 Å². The lowest BCUT2D eigenvalue weighted by atomic mass is 10.1. The summed E-state index contributed by atoms with van der Waals surface area (Å²) in [6.45, 7) is 0.172. The fourth-order valence-electron chi connectivity index (χ4n) is 1.87. The van der Waals surface area contributed by atoms with E-state index in [0.717, 1.165) is 5.56 Å². The number of non-ortho nitro benzene ring substituents is 1. The molecule has 2 aromatic rings. The second kappa shape index (κ2) is 5.19. The van der Waals surface area contributed by atoms with Gasteiger partial charge in [0.2, 0.25) is 0 Å². The third-order valence-electron chi connectivity index (χ3n) is 2.90. The molecule has 0 radical (unpaired) electrons. The third-order valence-corrected chi connectivity index (χ3v) is 4.05. The minimum absolute atomic E-state index is 0.0225. The van der Waals surface area contributed by atoms with Gasteiger partial charge >= 0.3 is 0 Å². The van der Waals surface area contributed by atoms with Gasteiger partial charge in [0, 0.05) is 23.1 Å². The van der Waals surface area contributed by atoms with Crippen molar-refractivity contribution in [2.45, 2.75) is 0 Å². The van der Waals surface area contributed by atoms with Gasteiger partial charge in [-0.2, -0.15) is 0 Å². The minimum Gasteiger partial charge on any atom is -0.353 e. The molecule has 7 nitrogen and oxygen atoms in total. The normalized spacial score (nSPS) is 14.4. The number of rotatable bonds is 3. The van der Waals surface area contributed by atoms with Crippen LogP contribution in [-0.2, 0) is 4.79 Å². The Balaban J connectivity index is 1.89. The van der Waals surface area contributed by atoms with Crippen LogP contribution in [0.4, 0.5) is 10.8 Å². The van der Waals surface area contributed by atoms with Crippen LogP contribution in [0.2, 0.25) is 0 Å². The van der Waals surface area contributed by atoms with E-state index in [1.54, 1.807) is 17.5 Å². The maximum Gasteiger partial charge on any atom is 0.269 e. The van der Waals surface area contributed by atoms with E-state index >= 15 is 0 Å². The second-order valence-electron chi connectivity index (χ2n) is 4.21. The summed E-state index contributed by atoms with van der Waals surface area (Å²) >= 11 is 6.35. The number of nitrogens with zero attached hydrogens (tertiary/aromatic N) is 3. The Morgan fingerprint density at radius 3 is 2.67 bits per heavy atom. The summed E-state index contributed by atoms with van der Waals surface area (Å²) < 4.78 is 0. The predicted molar refractivity (Wildman–Crippen MR) is 82.3 cm³/mol. The largest absolute Gasteiger partial charge is 0.353 e. The molecule has 1 aromatic carbocycles. The molecule has 1 saturated heterocycles. The SMILES string of the molecule is O=C1CNC(=S)N1c1nc(-c2ccc([N+](=O)[O-])cc2)cs1. The van der Waals surface area contributed by atoms with Gasteiger partial charge in [-0.3, -0.25) is 14.9 Å². The summed E-state index contributed by atoms with van der Waals surface area (Å²) in [5.74, 6) is -0.149. The van der Waals surface area contributed by atoms with Gasteiger partial charge in [-0.15, -0.1) is 11.3 Å². The van der Waals surface area contributed by atoms with Gasteiger partial charge in [0.25, 0.3) is 11.6 Å². The molecule has 21 heavy (non-hydrogen) atoms. The van der Waals surface area contributed by atoms with Crippen LogP contribution in [0.25, 0.3) is 11.3 Å². The van der Waals surface area contributed by atoms with Crippen LogP contribution in [0.15, 0.2) is 29.6 Å². The fourth-order valence-corrected chi connectivity index (χ4v) is 3.04. The van der Waals surface area contributed by atoms with Crippen LogP contribution in [0.5, 0.6) is 0 Å². The number of amides is 1. The van der Waals surface area contributed by atoms with Crippen molar-refractivity contribution in [3.63, 3.8) is 0 Å². The zero-order chi connectivity index (χ0) is 15.0. The van der Waals surface area contributed by atoms with Gasteiger partial charge < -0.3 is 5.32 Å². The van der Waals surface area contributed by atoms with Gasteiger partial charge in [0.1, 0.15) is 0 Å². The molecule has 0 unspecified atom stereocenters. The van der Waals surface area contributed by atoms with Gasteiger partial charge in [0.05, 0.1) is 17.2 Å². The predicted octanol–water partition coefficient (Wildman–Crippen LogP) is 1.94. The van der Waals surface area contributed by atoms with E-state index in [-0.39, 0.29) is 18.1 Å². The number of carbonyl (C=O) groups is 1. The Morgan fingerprint density at radius 2 is 2.10 bits per heavy atom. The maximum atomic E-state index is 11.7. The lowest BCUT2D eigenvalue weighted by Gasteiger charge is -2.09. The molecule has 0 spiro atoms. The molecule has 0 saturated carbocycles. The smallest absolute Gasteiger partial charge is 0.269 e. The second-order valence-corrected chi connectivity index (χ2v) is 5.43. The summed E-state index contributed by atoms with van der Waals surface area (Å²) in [4.78, 5) is 27.6. The lowest BCUT2D eigenvalue weighted by molar-refractivity contribution is -0.384. The van der Waals surface area contributed by atoms with Crippen LogP contribution in [0.3, 0.4) is 0 Å². The highest BCUT2D eigenvalue weighted by Gasteiger charge is 2.29. The Labute approximate surface area is 128 Å². The zero-order valence-corrected chi connectivity index (χ0v) is 12.1. The molecule has 0 bridgehead atoms. The first-order valence-corrected chi connectivity index (χ1v) is 7.16. The molecule has 1 amide bonds. The number of hydrogen-bond acceptors (Lipinski definition) is 6. The average molecular weight is 320 g/mol. The Bertz CT molecular complexity index is 725. The van der Waals surface area contributed by atoms with E-state index in [1.165, 1.54) is 28.4 Å². The van der Waals surface area contributed by atoms with E-state index in [2.05, 4.69) is 10.3 Å². The molecule has 0 aliphatic carbocycles. The number of benzene rings is 1. The van der Waals surface area contributed by atoms with Crippen LogP contribution in [-0.4, -0.2) is 27.5 Å². The van der Waals surface area contributed by atoms with Gasteiger partial charge in [-0.1, -0.05) is 0 Å². The van der Waals surface area contributed by atoms with Crippen molar-refractivity contribution >= 4 is 45.4 Å². The number of nitro groups is 1. The molecular formula is C12H8N4O3S2. The molecule has 1 aromatic heterocycles. The molecule has 0 atom stereocenters. The van der Waals surface area contributed by atoms with E-state index in [1.807, 2.05) is 0 Å². The summed E-state index contributed by atoms with van der Waals surface area (Å²) in [5.41, 5.74) is 1.41. The molecule has 9 heteroatoms. The van der Waals surface area contributed by atoms with Crippen LogP contribution in [0, 0.1) is 10.1 Å². The van der Waals surface area contributed by atoms with Crippen molar-refractivity contribution < 1.29 is 9.72 Å². The Hall–Kier alpha value is -2.39. The number of aromatic nitrogens is 1. The first kappa shape index (κ1) is 13.6. The van der Waals surface area contributed by atoms with Crippen LogP contribution in [0.1, 0.15) is 0 Å². The standard InChI is InChI=1S/C12H8N4O3S2/c17-10-5-13-11(20)15(10)12-14-9(6-21-12)7-1-3-8(4-2-7)16(18)19/h1-4,6H,5H2,(H,13,20). The molecular weight excluding hydrogens is 312 g/mol. The lowest BCUT2D eigenvalue weighted by Crippen LogP contribution is -2.30.